The predicted octanol–water partition coefficient (Wildman–Crippen LogP) is 1.24. The summed E-state index contributed by atoms with van der Waals surface area (Å²) in [5.74, 6) is -0.227. The lowest BCUT2D eigenvalue weighted by Crippen LogP contribution is -2.43. The van der Waals surface area contributed by atoms with Gasteiger partial charge < -0.3 is 9.84 Å². The molecule has 0 aliphatic carbocycles. The molecule has 10 heavy (non-hydrogen) atoms. The molecule has 1 N–H and O–H groups in total. The molecule has 0 bridgehead atoms. The van der Waals surface area contributed by atoms with Crippen LogP contribution in [0.3, 0.4) is 0 Å². The van der Waals surface area contributed by atoms with Crippen LogP contribution in [-0.2, 0) is 4.74 Å². The summed E-state index contributed by atoms with van der Waals surface area (Å²) in [4.78, 5) is 0. The van der Waals surface area contributed by atoms with E-state index >= 15 is 0 Å². The van der Waals surface area contributed by atoms with Gasteiger partial charge in [-0.2, -0.15) is 11.8 Å². The second kappa shape index (κ2) is 2.72. The molecule has 0 aromatic rings. The van der Waals surface area contributed by atoms with Crippen LogP contribution in [-0.4, -0.2) is 28.0 Å². The molecular formula is C7H14O2S. The SMILES string of the molecule is CC1OC(C)(O)CSC1C. The zero-order valence-corrected chi connectivity index (χ0v) is 7.44. The molecule has 0 aromatic heterocycles. The largest absolute Gasteiger partial charge is 0.365 e. The van der Waals surface area contributed by atoms with Crippen molar-refractivity contribution in [3.63, 3.8) is 0 Å². The monoisotopic (exact) mass is 162 g/mol. The summed E-state index contributed by atoms with van der Waals surface area (Å²) >= 11 is 1.76. The third-order valence-corrected chi connectivity index (χ3v) is 3.33. The first-order valence-electron chi connectivity index (χ1n) is 3.53. The number of rotatable bonds is 0. The van der Waals surface area contributed by atoms with Crippen LogP contribution in [0.5, 0.6) is 0 Å². The van der Waals surface area contributed by atoms with Crippen molar-refractivity contribution in [1.82, 2.24) is 0 Å². The van der Waals surface area contributed by atoms with Crippen LogP contribution in [0.15, 0.2) is 0 Å². The Hall–Kier alpha value is 0.270. The van der Waals surface area contributed by atoms with E-state index in [9.17, 15) is 5.11 Å². The maximum Gasteiger partial charge on any atom is 0.172 e. The average molecular weight is 162 g/mol. The molecular weight excluding hydrogens is 148 g/mol. The highest BCUT2D eigenvalue weighted by Crippen LogP contribution is 2.30. The van der Waals surface area contributed by atoms with E-state index in [0.29, 0.717) is 11.0 Å². The van der Waals surface area contributed by atoms with Gasteiger partial charge in [-0.15, -0.1) is 0 Å². The molecule has 1 aliphatic heterocycles. The van der Waals surface area contributed by atoms with Gasteiger partial charge in [-0.1, -0.05) is 6.92 Å². The molecule has 0 spiro atoms. The maximum absolute atomic E-state index is 9.42. The van der Waals surface area contributed by atoms with Crippen LogP contribution in [0.4, 0.5) is 0 Å². The average Bonchev–Trinajstić information content (AvgIpc) is 1.79. The van der Waals surface area contributed by atoms with E-state index in [4.69, 9.17) is 4.74 Å². The standard InChI is InChI=1S/C7H14O2S/c1-5-6(2)10-4-7(3,8)9-5/h5-6,8H,4H2,1-3H3. The van der Waals surface area contributed by atoms with Crippen molar-refractivity contribution in [2.24, 2.45) is 0 Å². The van der Waals surface area contributed by atoms with Crippen molar-refractivity contribution in [1.29, 1.82) is 0 Å². The zero-order valence-electron chi connectivity index (χ0n) is 6.63. The minimum atomic E-state index is -0.906. The molecule has 1 rings (SSSR count). The van der Waals surface area contributed by atoms with Gasteiger partial charge in [-0.3, -0.25) is 0 Å². The third-order valence-electron chi connectivity index (χ3n) is 1.71. The molecule has 0 radical (unpaired) electrons. The van der Waals surface area contributed by atoms with Gasteiger partial charge in [0.2, 0.25) is 0 Å². The van der Waals surface area contributed by atoms with Gasteiger partial charge in [0.05, 0.1) is 6.10 Å². The first kappa shape index (κ1) is 8.37. The molecule has 0 saturated carbocycles. The summed E-state index contributed by atoms with van der Waals surface area (Å²) < 4.78 is 5.32. The highest BCUT2D eigenvalue weighted by Gasteiger charge is 2.32. The molecule has 60 valence electrons. The summed E-state index contributed by atoms with van der Waals surface area (Å²) in [6.45, 7) is 5.82. The van der Waals surface area contributed by atoms with E-state index in [1.54, 1.807) is 18.7 Å². The van der Waals surface area contributed by atoms with Crippen LogP contribution in [0.2, 0.25) is 0 Å². The topological polar surface area (TPSA) is 29.5 Å². The molecule has 1 fully saturated rings. The first-order valence-corrected chi connectivity index (χ1v) is 4.58. The Morgan fingerprint density at radius 1 is 1.60 bits per heavy atom. The van der Waals surface area contributed by atoms with Gasteiger partial charge >= 0.3 is 0 Å². The lowest BCUT2D eigenvalue weighted by atomic mass is 10.3. The fourth-order valence-electron chi connectivity index (χ4n) is 0.952. The fourth-order valence-corrected chi connectivity index (χ4v) is 1.92. The van der Waals surface area contributed by atoms with E-state index in [1.807, 2.05) is 6.92 Å². The lowest BCUT2D eigenvalue weighted by molar-refractivity contribution is -0.201. The van der Waals surface area contributed by atoms with Crippen molar-refractivity contribution in [2.45, 2.75) is 37.9 Å². The minimum absolute atomic E-state index is 0.161. The number of hydrogen-bond donors (Lipinski definition) is 1. The molecule has 2 nitrogen and oxygen atoms in total. The zero-order chi connectivity index (χ0) is 7.78. The number of aliphatic hydroxyl groups is 1. The Bertz CT molecular complexity index is 125. The Balaban J connectivity index is 2.49. The molecule has 0 amide bonds. The summed E-state index contributed by atoms with van der Waals surface area (Å²) in [6.07, 6.45) is 0.161. The van der Waals surface area contributed by atoms with Gasteiger partial charge in [-0.05, 0) is 13.8 Å². The van der Waals surface area contributed by atoms with Crippen molar-refractivity contribution < 1.29 is 9.84 Å². The fraction of sp³-hybridized carbons (Fsp3) is 1.00. The first-order chi connectivity index (χ1) is 4.51. The van der Waals surface area contributed by atoms with E-state index in [1.165, 1.54) is 0 Å². The second-order valence-corrected chi connectivity index (χ2v) is 4.38. The van der Waals surface area contributed by atoms with Crippen LogP contribution < -0.4 is 0 Å². The summed E-state index contributed by atoms with van der Waals surface area (Å²) in [5.41, 5.74) is 0. The molecule has 1 heterocycles. The molecule has 3 heteroatoms. The van der Waals surface area contributed by atoms with Gasteiger partial charge in [0.15, 0.2) is 5.79 Å². The summed E-state index contributed by atoms with van der Waals surface area (Å²) in [6, 6.07) is 0. The maximum atomic E-state index is 9.42. The van der Waals surface area contributed by atoms with Gasteiger partial charge in [-0.25, -0.2) is 0 Å². The van der Waals surface area contributed by atoms with Crippen LogP contribution >= 0.6 is 11.8 Å². The summed E-state index contributed by atoms with van der Waals surface area (Å²) in [7, 11) is 0. The Morgan fingerprint density at radius 2 is 2.20 bits per heavy atom. The summed E-state index contributed by atoms with van der Waals surface area (Å²) in [5, 5.41) is 9.92. The van der Waals surface area contributed by atoms with Gasteiger partial charge in [0, 0.05) is 11.0 Å². The van der Waals surface area contributed by atoms with Crippen molar-refractivity contribution in [2.75, 3.05) is 5.75 Å². The minimum Gasteiger partial charge on any atom is -0.365 e. The number of thioether (sulfide) groups is 1. The van der Waals surface area contributed by atoms with E-state index in [0.717, 1.165) is 0 Å². The number of ether oxygens (including phenoxy) is 1. The van der Waals surface area contributed by atoms with Crippen molar-refractivity contribution in [3.05, 3.63) is 0 Å². The second-order valence-electron chi connectivity index (χ2n) is 3.01. The highest BCUT2D eigenvalue weighted by atomic mass is 32.2. The van der Waals surface area contributed by atoms with Crippen molar-refractivity contribution in [3.8, 4) is 0 Å². The van der Waals surface area contributed by atoms with E-state index in [-0.39, 0.29) is 6.10 Å². The van der Waals surface area contributed by atoms with E-state index in [2.05, 4.69) is 6.92 Å². The Labute approximate surface area is 66.0 Å². The molecule has 0 aromatic carbocycles. The Kier molecular flexibility index (Phi) is 2.28. The van der Waals surface area contributed by atoms with Crippen molar-refractivity contribution >= 4 is 11.8 Å². The molecule has 3 unspecified atom stereocenters. The quantitative estimate of drug-likeness (QED) is 0.581. The molecule has 3 atom stereocenters. The number of hydrogen-bond acceptors (Lipinski definition) is 3. The smallest absolute Gasteiger partial charge is 0.172 e. The predicted molar refractivity (Wildman–Crippen MR) is 43.1 cm³/mol. The third kappa shape index (κ3) is 1.87. The normalized spacial score (nSPS) is 49.2. The molecule has 1 aliphatic rings. The lowest BCUT2D eigenvalue weighted by Gasteiger charge is -2.36. The highest BCUT2D eigenvalue weighted by molar-refractivity contribution is 8.00. The van der Waals surface area contributed by atoms with Crippen LogP contribution in [0, 0.1) is 0 Å². The van der Waals surface area contributed by atoms with Gasteiger partial charge in [0.25, 0.3) is 0 Å². The van der Waals surface area contributed by atoms with Crippen LogP contribution in [0.25, 0.3) is 0 Å². The molecule has 1 saturated heterocycles. The van der Waals surface area contributed by atoms with Crippen LogP contribution in [0.1, 0.15) is 20.8 Å². The van der Waals surface area contributed by atoms with Gasteiger partial charge in [0.1, 0.15) is 0 Å². The van der Waals surface area contributed by atoms with E-state index < -0.39 is 5.79 Å². The Morgan fingerprint density at radius 3 is 2.60 bits per heavy atom.